The minimum absolute atomic E-state index is 0.196. The first-order valence-electron chi connectivity index (χ1n) is 6.68. The molecule has 1 saturated heterocycles. The average molecular weight is 290 g/mol. The fourth-order valence-electron chi connectivity index (χ4n) is 2.36. The fourth-order valence-corrected chi connectivity index (χ4v) is 2.36. The lowest BCUT2D eigenvalue weighted by Gasteiger charge is -2.33. The van der Waals surface area contributed by atoms with Gasteiger partial charge in [0, 0.05) is 12.6 Å². The maximum absolute atomic E-state index is 12.9. The number of pyridine rings is 1. The number of anilines is 1. The van der Waals surface area contributed by atoms with E-state index in [-0.39, 0.29) is 17.5 Å². The molecule has 1 atom stereocenters. The zero-order chi connectivity index (χ0) is 14.8. The van der Waals surface area contributed by atoms with Gasteiger partial charge in [-0.05, 0) is 19.1 Å². The van der Waals surface area contributed by atoms with Crippen LogP contribution in [0.25, 0.3) is 0 Å². The molecule has 110 valence electrons. The molecule has 0 saturated carbocycles. The zero-order valence-electron chi connectivity index (χ0n) is 11.5. The second-order valence-corrected chi connectivity index (χ2v) is 4.90. The van der Waals surface area contributed by atoms with Crippen molar-refractivity contribution in [2.24, 2.45) is 0 Å². The molecule has 2 aromatic rings. The van der Waals surface area contributed by atoms with Gasteiger partial charge >= 0.3 is 0 Å². The third-order valence-electron chi connectivity index (χ3n) is 3.31. The van der Waals surface area contributed by atoms with E-state index in [1.54, 1.807) is 13.0 Å². The van der Waals surface area contributed by atoms with Crippen molar-refractivity contribution in [2.75, 3.05) is 24.6 Å². The quantitative estimate of drug-likeness (QED) is 0.899. The summed E-state index contributed by atoms with van der Waals surface area (Å²) in [6.45, 7) is 3.41. The lowest BCUT2D eigenvalue weighted by Crippen LogP contribution is -2.39. The number of halogens is 1. The monoisotopic (exact) mass is 290 g/mol. The highest BCUT2D eigenvalue weighted by atomic mass is 19.1. The van der Waals surface area contributed by atoms with Crippen LogP contribution in [0.3, 0.4) is 0 Å². The first-order valence-corrected chi connectivity index (χ1v) is 6.68. The topological polar surface area (TPSA) is 71.1 Å². The summed E-state index contributed by atoms with van der Waals surface area (Å²) in [6.07, 6.45) is 0.890. The molecule has 0 aromatic carbocycles. The van der Waals surface area contributed by atoms with Crippen LogP contribution in [-0.4, -0.2) is 34.6 Å². The van der Waals surface area contributed by atoms with Crippen molar-refractivity contribution < 1.29 is 9.13 Å². The van der Waals surface area contributed by atoms with E-state index in [1.807, 2.05) is 4.90 Å². The summed E-state index contributed by atoms with van der Waals surface area (Å²) in [5.41, 5.74) is 0.404. The molecule has 0 unspecified atom stereocenters. The minimum Gasteiger partial charge on any atom is -0.368 e. The second kappa shape index (κ2) is 5.61. The Labute approximate surface area is 120 Å². The van der Waals surface area contributed by atoms with E-state index in [4.69, 9.17) is 4.74 Å². The van der Waals surface area contributed by atoms with Gasteiger partial charge in [0.1, 0.15) is 23.6 Å². The predicted molar refractivity (Wildman–Crippen MR) is 74.7 cm³/mol. The maximum Gasteiger partial charge on any atom is 0.251 e. The van der Waals surface area contributed by atoms with Crippen LogP contribution in [-0.2, 0) is 4.74 Å². The first kappa shape index (κ1) is 13.7. The Morgan fingerprint density at radius 2 is 2.33 bits per heavy atom. The molecule has 3 heterocycles. The molecule has 1 aliphatic rings. The van der Waals surface area contributed by atoms with Gasteiger partial charge < -0.3 is 14.6 Å². The number of aromatic nitrogens is 3. The van der Waals surface area contributed by atoms with Gasteiger partial charge in [-0.3, -0.25) is 4.79 Å². The van der Waals surface area contributed by atoms with Crippen molar-refractivity contribution >= 4 is 5.82 Å². The molecule has 7 heteroatoms. The summed E-state index contributed by atoms with van der Waals surface area (Å²) in [4.78, 5) is 24.5. The number of hydrogen-bond donors (Lipinski definition) is 1. The predicted octanol–water partition coefficient (Wildman–Crippen LogP) is 1.19. The van der Waals surface area contributed by atoms with Crippen LogP contribution < -0.4 is 10.5 Å². The smallest absolute Gasteiger partial charge is 0.251 e. The Kier molecular flexibility index (Phi) is 3.66. The molecule has 0 bridgehead atoms. The van der Waals surface area contributed by atoms with E-state index < -0.39 is 0 Å². The van der Waals surface area contributed by atoms with Crippen molar-refractivity contribution in [2.45, 2.75) is 13.0 Å². The summed E-state index contributed by atoms with van der Waals surface area (Å²) < 4.78 is 18.6. The zero-order valence-corrected chi connectivity index (χ0v) is 11.5. The molecule has 3 rings (SSSR count). The van der Waals surface area contributed by atoms with Crippen LogP contribution in [0.4, 0.5) is 10.2 Å². The number of hydrogen-bond acceptors (Lipinski definition) is 5. The van der Waals surface area contributed by atoms with Gasteiger partial charge in [-0.25, -0.2) is 14.4 Å². The fraction of sp³-hybridized carbons (Fsp3) is 0.357. The summed E-state index contributed by atoms with van der Waals surface area (Å²) >= 11 is 0. The number of ether oxygens (including phenoxy) is 1. The Morgan fingerprint density at radius 1 is 1.48 bits per heavy atom. The van der Waals surface area contributed by atoms with E-state index in [0.717, 1.165) is 0 Å². The highest BCUT2D eigenvalue weighted by Crippen LogP contribution is 2.23. The highest BCUT2D eigenvalue weighted by Gasteiger charge is 2.24. The van der Waals surface area contributed by atoms with Crippen LogP contribution in [0.1, 0.15) is 17.6 Å². The van der Waals surface area contributed by atoms with Crippen molar-refractivity contribution in [3.05, 3.63) is 52.1 Å². The third kappa shape index (κ3) is 3.08. The molecule has 0 radical (unpaired) electrons. The summed E-state index contributed by atoms with van der Waals surface area (Å²) in [6, 6.07) is 4.45. The number of aryl methyl sites for hydroxylation is 1. The van der Waals surface area contributed by atoms with Gasteiger partial charge in [0.15, 0.2) is 0 Å². The first-order chi connectivity index (χ1) is 10.1. The van der Waals surface area contributed by atoms with Gasteiger partial charge in [0.25, 0.3) is 5.56 Å². The Balaban J connectivity index is 1.82. The minimum atomic E-state index is -0.365. The number of nitrogens with one attached hydrogen (secondary N) is 1. The van der Waals surface area contributed by atoms with Crippen LogP contribution in [0.5, 0.6) is 0 Å². The van der Waals surface area contributed by atoms with Crippen LogP contribution >= 0.6 is 0 Å². The van der Waals surface area contributed by atoms with Gasteiger partial charge in [0.2, 0.25) is 0 Å². The molecule has 0 aliphatic carbocycles. The molecule has 0 spiro atoms. The summed E-state index contributed by atoms with van der Waals surface area (Å²) in [5.74, 6) is 0.875. The van der Waals surface area contributed by atoms with E-state index in [0.29, 0.717) is 37.0 Å². The van der Waals surface area contributed by atoms with Crippen molar-refractivity contribution in [1.29, 1.82) is 0 Å². The molecule has 6 nitrogen and oxygen atoms in total. The summed E-state index contributed by atoms with van der Waals surface area (Å²) in [5, 5.41) is 0. The van der Waals surface area contributed by atoms with E-state index in [1.165, 1.54) is 18.3 Å². The lowest BCUT2D eigenvalue weighted by molar-refractivity contribution is 0.0365. The van der Waals surface area contributed by atoms with Gasteiger partial charge in [0.05, 0.1) is 25.0 Å². The molecular weight excluding hydrogens is 275 g/mol. The van der Waals surface area contributed by atoms with E-state index >= 15 is 0 Å². The lowest BCUT2D eigenvalue weighted by atomic mass is 10.2. The third-order valence-corrected chi connectivity index (χ3v) is 3.31. The van der Waals surface area contributed by atoms with Gasteiger partial charge in [-0.1, -0.05) is 0 Å². The normalized spacial score (nSPS) is 18.8. The Hall–Kier alpha value is -2.28. The molecule has 21 heavy (non-hydrogen) atoms. The van der Waals surface area contributed by atoms with E-state index in [9.17, 15) is 9.18 Å². The van der Waals surface area contributed by atoms with Crippen molar-refractivity contribution in [1.82, 2.24) is 15.0 Å². The SMILES string of the molecule is Cc1nc([C@@H]2CN(c3ccc(F)cn3)CCO2)cc(=O)[nH]1. The van der Waals surface area contributed by atoms with E-state index in [2.05, 4.69) is 15.0 Å². The number of H-pyrrole nitrogens is 1. The largest absolute Gasteiger partial charge is 0.368 e. The van der Waals surface area contributed by atoms with Crippen LogP contribution in [0, 0.1) is 12.7 Å². The number of morpholine rings is 1. The van der Waals surface area contributed by atoms with Crippen LogP contribution in [0.2, 0.25) is 0 Å². The number of rotatable bonds is 2. The Morgan fingerprint density at radius 3 is 3.05 bits per heavy atom. The highest BCUT2D eigenvalue weighted by molar-refractivity contribution is 5.39. The standard InChI is InChI=1S/C14H15FN4O2/c1-9-17-11(6-14(20)18-9)12-8-19(4-5-21-12)13-3-2-10(15)7-16-13/h2-3,6-7,12H,4-5,8H2,1H3,(H,17,18,20)/t12-/m0/s1. The Bertz CT molecular complexity index is 686. The average Bonchev–Trinajstić information content (AvgIpc) is 2.47. The van der Waals surface area contributed by atoms with Crippen LogP contribution in [0.15, 0.2) is 29.2 Å². The van der Waals surface area contributed by atoms with Gasteiger partial charge in [-0.2, -0.15) is 0 Å². The number of nitrogens with zero attached hydrogens (tertiary/aromatic N) is 3. The maximum atomic E-state index is 12.9. The van der Waals surface area contributed by atoms with Crippen molar-refractivity contribution in [3.8, 4) is 0 Å². The van der Waals surface area contributed by atoms with Crippen molar-refractivity contribution in [3.63, 3.8) is 0 Å². The number of aromatic amines is 1. The molecule has 1 fully saturated rings. The van der Waals surface area contributed by atoms with Gasteiger partial charge in [-0.15, -0.1) is 0 Å². The molecular formula is C14H15FN4O2. The molecule has 1 aliphatic heterocycles. The molecule has 2 aromatic heterocycles. The molecule has 1 N–H and O–H groups in total. The summed E-state index contributed by atoms with van der Waals surface area (Å²) in [7, 11) is 0. The molecule has 0 amide bonds. The second-order valence-electron chi connectivity index (χ2n) is 4.90.